The number of thiocarbonyl (C=S) groups is 1. The van der Waals surface area contributed by atoms with E-state index in [9.17, 15) is 19.2 Å². The number of para-hydroxylation sites is 1. The van der Waals surface area contributed by atoms with Crippen molar-refractivity contribution in [1.82, 2.24) is 4.90 Å². The molecule has 2 heterocycles. The first kappa shape index (κ1) is 23.6. The van der Waals surface area contributed by atoms with Crippen molar-refractivity contribution in [3.05, 3.63) is 30.3 Å². The highest BCUT2D eigenvalue weighted by Crippen LogP contribution is 2.40. The highest BCUT2D eigenvalue weighted by Gasteiger charge is 2.61. The predicted molar refractivity (Wildman–Crippen MR) is 114 cm³/mol. The van der Waals surface area contributed by atoms with Crippen LogP contribution in [0.3, 0.4) is 0 Å². The smallest absolute Gasteiger partial charge is 0.303 e. The Labute approximate surface area is 190 Å². The Bertz CT molecular complexity index is 924. The molecule has 172 valence electrons. The lowest BCUT2D eigenvalue weighted by molar-refractivity contribution is -0.167. The molecule has 11 heteroatoms. The van der Waals surface area contributed by atoms with E-state index in [0.717, 1.165) is 0 Å². The Morgan fingerprint density at radius 2 is 1.69 bits per heavy atom. The molecular weight excluding hydrogens is 440 g/mol. The second-order valence-corrected chi connectivity index (χ2v) is 7.75. The number of ether oxygens (including phenoxy) is 4. The van der Waals surface area contributed by atoms with Gasteiger partial charge >= 0.3 is 17.9 Å². The summed E-state index contributed by atoms with van der Waals surface area (Å²) in [5, 5.41) is 0.152. The molecule has 0 unspecified atom stereocenters. The fourth-order valence-electron chi connectivity index (χ4n) is 3.95. The van der Waals surface area contributed by atoms with Crippen LogP contribution in [0.15, 0.2) is 30.3 Å². The fraction of sp³-hybridized carbons (Fsp3) is 0.476. The van der Waals surface area contributed by atoms with Crippen LogP contribution in [0.25, 0.3) is 0 Å². The number of hydrogen-bond acceptors (Lipinski definition) is 9. The van der Waals surface area contributed by atoms with Crippen molar-refractivity contribution in [2.24, 2.45) is 0 Å². The lowest BCUT2D eigenvalue weighted by Crippen LogP contribution is -2.66. The molecule has 0 aromatic heterocycles. The summed E-state index contributed by atoms with van der Waals surface area (Å²) in [6.45, 7) is 4.68. The van der Waals surface area contributed by atoms with Crippen molar-refractivity contribution in [2.75, 3.05) is 11.5 Å². The van der Waals surface area contributed by atoms with Gasteiger partial charge in [-0.05, 0) is 24.4 Å². The Kier molecular flexibility index (Phi) is 7.09. The van der Waals surface area contributed by atoms with Crippen molar-refractivity contribution >= 4 is 46.8 Å². The quantitative estimate of drug-likeness (QED) is 0.345. The van der Waals surface area contributed by atoms with E-state index in [2.05, 4.69) is 0 Å². The molecule has 0 spiro atoms. The number of carbonyl (C=O) groups excluding carboxylic acids is 4. The lowest BCUT2D eigenvalue weighted by atomic mass is 9.98. The highest BCUT2D eigenvalue weighted by atomic mass is 32.1. The van der Waals surface area contributed by atoms with Gasteiger partial charge in [0.2, 0.25) is 5.91 Å². The number of anilines is 1. The first-order chi connectivity index (χ1) is 15.1. The van der Waals surface area contributed by atoms with Gasteiger partial charge in [-0.2, -0.15) is 0 Å². The van der Waals surface area contributed by atoms with Crippen molar-refractivity contribution in [3.63, 3.8) is 0 Å². The second kappa shape index (κ2) is 9.61. The Morgan fingerprint density at radius 1 is 1.03 bits per heavy atom. The third-order valence-electron chi connectivity index (χ3n) is 5.03. The minimum atomic E-state index is -1.06. The summed E-state index contributed by atoms with van der Waals surface area (Å²) in [5.74, 6) is -2.21. The summed E-state index contributed by atoms with van der Waals surface area (Å²) < 4.78 is 22.2. The van der Waals surface area contributed by atoms with E-state index in [-0.39, 0.29) is 11.7 Å². The summed E-state index contributed by atoms with van der Waals surface area (Å²) >= 11 is 5.62. The van der Waals surface area contributed by atoms with Crippen LogP contribution < -0.4 is 4.90 Å². The van der Waals surface area contributed by atoms with E-state index >= 15 is 0 Å². The third kappa shape index (κ3) is 4.73. The molecule has 2 fully saturated rings. The van der Waals surface area contributed by atoms with Crippen LogP contribution in [0.4, 0.5) is 5.69 Å². The van der Waals surface area contributed by atoms with Gasteiger partial charge in [0.25, 0.3) is 0 Å². The number of rotatable bonds is 6. The van der Waals surface area contributed by atoms with Crippen LogP contribution >= 0.6 is 12.2 Å². The normalized spacial score (nSPS) is 25.2. The maximum absolute atomic E-state index is 12.7. The number of fused-ring (bicyclic) bond motifs is 2. The molecule has 0 saturated carbocycles. The number of esters is 3. The number of amides is 1. The summed E-state index contributed by atoms with van der Waals surface area (Å²) in [5.41, 5.74) is 0.619. The molecule has 2 aliphatic heterocycles. The van der Waals surface area contributed by atoms with Gasteiger partial charge in [-0.25, -0.2) is 0 Å². The summed E-state index contributed by atoms with van der Waals surface area (Å²) in [7, 11) is 0. The maximum atomic E-state index is 12.7. The van der Waals surface area contributed by atoms with Gasteiger partial charge in [0.15, 0.2) is 23.5 Å². The minimum absolute atomic E-state index is 0.152. The molecule has 1 aromatic rings. The van der Waals surface area contributed by atoms with Gasteiger partial charge < -0.3 is 18.9 Å². The lowest BCUT2D eigenvalue weighted by Gasteiger charge is -2.44. The largest absolute Gasteiger partial charge is 0.462 e. The van der Waals surface area contributed by atoms with Crippen molar-refractivity contribution in [3.8, 4) is 0 Å². The monoisotopic (exact) mass is 464 g/mol. The van der Waals surface area contributed by atoms with E-state index < -0.39 is 54.4 Å². The van der Waals surface area contributed by atoms with E-state index in [1.165, 1.54) is 32.6 Å². The van der Waals surface area contributed by atoms with Gasteiger partial charge in [0, 0.05) is 33.4 Å². The van der Waals surface area contributed by atoms with Crippen molar-refractivity contribution in [2.45, 2.75) is 58.3 Å². The molecule has 2 aliphatic rings. The van der Waals surface area contributed by atoms with Crippen molar-refractivity contribution < 1.29 is 38.1 Å². The first-order valence-corrected chi connectivity index (χ1v) is 10.3. The minimum Gasteiger partial charge on any atom is -0.462 e. The number of benzene rings is 1. The van der Waals surface area contributed by atoms with E-state index in [4.69, 9.17) is 31.2 Å². The van der Waals surface area contributed by atoms with E-state index in [1.54, 1.807) is 29.2 Å². The van der Waals surface area contributed by atoms with Crippen LogP contribution in [0.1, 0.15) is 27.7 Å². The second-order valence-electron chi connectivity index (χ2n) is 7.38. The Hall–Kier alpha value is -3.05. The van der Waals surface area contributed by atoms with E-state index in [0.29, 0.717) is 5.69 Å². The number of carbonyl (C=O) groups is 4. The molecule has 3 rings (SSSR count). The first-order valence-electron chi connectivity index (χ1n) is 9.93. The summed E-state index contributed by atoms with van der Waals surface area (Å²) in [6, 6.07) is 8.05. The Balaban J connectivity index is 2.08. The topological polar surface area (TPSA) is 112 Å². The average Bonchev–Trinajstić information content (AvgIpc) is 2.96. The van der Waals surface area contributed by atoms with Gasteiger partial charge in [-0.1, -0.05) is 18.2 Å². The van der Waals surface area contributed by atoms with Crippen LogP contribution in [0.5, 0.6) is 0 Å². The highest BCUT2D eigenvalue weighted by molar-refractivity contribution is 7.80. The Morgan fingerprint density at radius 3 is 2.22 bits per heavy atom. The number of nitrogens with zero attached hydrogens (tertiary/aromatic N) is 2. The molecule has 0 aliphatic carbocycles. The van der Waals surface area contributed by atoms with Crippen LogP contribution in [0.2, 0.25) is 0 Å². The fourth-order valence-corrected chi connectivity index (χ4v) is 4.41. The average molecular weight is 464 g/mol. The molecule has 5 atom stereocenters. The predicted octanol–water partition coefficient (Wildman–Crippen LogP) is 1.16. The molecule has 2 bridgehead atoms. The SMILES string of the molecule is CC(=O)OC[C@@H](OC(C)=O)[C@H]1O[C@H]2[C@H](OC(C)=O)[C@@H]1N(C(C)=O)C(=S)N2c1ccccc1. The molecule has 1 amide bonds. The molecule has 0 N–H and O–H groups in total. The standard InChI is InChI=1S/C21H24N2O8S/c1-11(24)22-17-18(16(29-13(3)26)10-28-12(2)25)31-20(19(17)30-14(4)27)23(21(22)32)15-8-6-5-7-9-15/h5-9,16-20H,10H2,1-4H3/t16-,17-,18-,19-,20+/m1/s1. The molecule has 2 saturated heterocycles. The molecule has 1 aromatic carbocycles. The zero-order chi connectivity index (χ0) is 23.6. The van der Waals surface area contributed by atoms with Crippen LogP contribution in [-0.2, 0) is 38.1 Å². The van der Waals surface area contributed by atoms with Crippen LogP contribution in [0, 0.1) is 0 Å². The molecular formula is C21H24N2O8S. The van der Waals surface area contributed by atoms with Gasteiger partial charge in [-0.15, -0.1) is 0 Å². The maximum Gasteiger partial charge on any atom is 0.303 e. The van der Waals surface area contributed by atoms with E-state index in [1.807, 2.05) is 6.07 Å². The van der Waals surface area contributed by atoms with Gasteiger partial charge in [-0.3, -0.25) is 29.0 Å². The molecule has 32 heavy (non-hydrogen) atoms. The zero-order valence-electron chi connectivity index (χ0n) is 18.0. The number of hydrogen-bond donors (Lipinski definition) is 0. The molecule has 10 nitrogen and oxygen atoms in total. The van der Waals surface area contributed by atoms with Gasteiger partial charge in [0.1, 0.15) is 18.8 Å². The van der Waals surface area contributed by atoms with Crippen molar-refractivity contribution in [1.29, 1.82) is 0 Å². The molecule has 0 radical (unpaired) electrons. The van der Waals surface area contributed by atoms with Crippen LogP contribution in [-0.4, -0.2) is 71.0 Å². The summed E-state index contributed by atoms with van der Waals surface area (Å²) in [6.07, 6.45) is -3.88. The summed E-state index contributed by atoms with van der Waals surface area (Å²) in [4.78, 5) is 50.6. The third-order valence-corrected chi connectivity index (χ3v) is 5.42. The van der Waals surface area contributed by atoms with Gasteiger partial charge in [0.05, 0.1) is 0 Å². The zero-order valence-corrected chi connectivity index (χ0v) is 18.9.